The fraction of sp³-hybridized carbons (Fsp3) is 0.950. The molecule has 5 heteroatoms. The Morgan fingerprint density at radius 2 is 1.80 bits per heavy atom. The molecule has 0 aromatic rings. The number of hydrogen-bond donors (Lipinski definition) is 2. The largest absolute Gasteiger partial charge is 0.385 e. The Morgan fingerprint density at radius 1 is 1.08 bits per heavy atom. The summed E-state index contributed by atoms with van der Waals surface area (Å²) in [5, 5.41) is 20.7. The third-order valence-corrected chi connectivity index (χ3v) is 8.12. The standard InChI is InChI=1S/C20H32O5/c1-12-14(22)15(23)16-17(2,3)6-5-7-18(16,4)20(12)9-8-19(25-20)10-13(21)24-11-19/h12-14,16,21-22H,5-11H2,1-4H3/t12-,13+,14-,16-,18+,19-,20+/m1/s1. The van der Waals surface area contributed by atoms with E-state index in [4.69, 9.17) is 9.47 Å². The number of fused-ring (bicyclic) bond motifs is 2. The summed E-state index contributed by atoms with van der Waals surface area (Å²) in [4.78, 5) is 13.1. The van der Waals surface area contributed by atoms with E-state index in [1.165, 1.54) is 0 Å². The van der Waals surface area contributed by atoms with Crippen LogP contribution in [0.1, 0.15) is 66.2 Å². The molecule has 4 aliphatic rings. The highest BCUT2D eigenvalue weighted by atomic mass is 16.6. The smallest absolute Gasteiger partial charge is 0.165 e. The summed E-state index contributed by atoms with van der Waals surface area (Å²) in [5.74, 6) is -0.438. The Kier molecular flexibility index (Phi) is 3.78. The van der Waals surface area contributed by atoms with Gasteiger partial charge in [-0.05, 0) is 31.1 Å². The van der Waals surface area contributed by atoms with Crippen molar-refractivity contribution < 1.29 is 24.5 Å². The minimum Gasteiger partial charge on any atom is -0.385 e. The molecule has 0 amide bonds. The molecule has 2 saturated heterocycles. The zero-order chi connectivity index (χ0) is 18.3. The van der Waals surface area contributed by atoms with Crippen molar-refractivity contribution in [1.82, 2.24) is 0 Å². The zero-order valence-corrected chi connectivity index (χ0v) is 15.9. The first-order chi connectivity index (χ1) is 11.6. The van der Waals surface area contributed by atoms with Crippen LogP contribution in [0.5, 0.6) is 0 Å². The number of carbonyl (C=O) groups is 1. The molecular weight excluding hydrogens is 320 g/mol. The molecule has 5 nitrogen and oxygen atoms in total. The number of rotatable bonds is 0. The molecular formula is C20H32O5. The maximum absolute atomic E-state index is 13.1. The number of aliphatic hydroxyl groups is 2. The van der Waals surface area contributed by atoms with Gasteiger partial charge in [0.25, 0.3) is 0 Å². The highest BCUT2D eigenvalue weighted by Gasteiger charge is 2.72. The van der Waals surface area contributed by atoms with Gasteiger partial charge in [0.15, 0.2) is 12.1 Å². The van der Waals surface area contributed by atoms with Gasteiger partial charge in [-0.1, -0.05) is 34.1 Å². The minimum absolute atomic E-state index is 0.00224. The summed E-state index contributed by atoms with van der Waals surface area (Å²) in [6, 6.07) is 0. The van der Waals surface area contributed by atoms with E-state index in [0.717, 1.165) is 32.1 Å². The molecule has 0 radical (unpaired) electrons. The molecule has 2 saturated carbocycles. The van der Waals surface area contributed by atoms with E-state index in [1.807, 2.05) is 6.92 Å². The van der Waals surface area contributed by atoms with E-state index in [9.17, 15) is 15.0 Å². The number of carbonyl (C=O) groups excluding carboxylic acids is 1. The van der Waals surface area contributed by atoms with Crippen LogP contribution < -0.4 is 0 Å². The van der Waals surface area contributed by atoms with Crippen LogP contribution in [0.2, 0.25) is 0 Å². The van der Waals surface area contributed by atoms with Crippen molar-refractivity contribution in [3.05, 3.63) is 0 Å². The zero-order valence-electron chi connectivity index (χ0n) is 15.9. The highest BCUT2D eigenvalue weighted by molar-refractivity contribution is 5.88. The molecule has 0 aromatic heterocycles. The van der Waals surface area contributed by atoms with Gasteiger partial charge in [-0.2, -0.15) is 0 Å². The first-order valence-corrected chi connectivity index (χ1v) is 9.79. The third kappa shape index (κ3) is 2.19. The Bertz CT molecular complexity index is 589. The molecule has 2 N–H and O–H groups in total. The van der Waals surface area contributed by atoms with Crippen LogP contribution >= 0.6 is 0 Å². The van der Waals surface area contributed by atoms with E-state index in [1.54, 1.807) is 0 Å². The molecule has 4 rings (SSSR count). The molecule has 2 spiro atoms. The van der Waals surface area contributed by atoms with Crippen molar-refractivity contribution in [2.24, 2.45) is 22.7 Å². The monoisotopic (exact) mass is 352 g/mol. The van der Waals surface area contributed by atoms with Crippen LogP contribution in [0.25, 0.3) is 0 Å². The lowest BCUT2D eigenvalue weighted by atomic mass is 9.43. The summed E-state index contributed by atoms with van der Waals surface area (Å²) in [6.45, 7) is 8.91. The number of ether oxygens (including phenoxy) is 2. The Hall–Kier alpha value is -0.490. The number of aliphatic hydroxyl groups excluding tert-OH is 2. The SMILES string of the molecule is C[C@@H]1[C@@H](O)C(=O)[C@@H]2C(C)(C)CCC[C@]2(C)[C@]12CC[C@@]1(CO[C@H](O)C1)O2. The molecule has 0 bridgehead atoms. The summed E-state index contributed by atoms with van der Waals surface area (Å²) in [5.41, 5.74) is -1.43. The van der Waals surface area contributed by atoms with Crippen LogP contribution in [-0.4, -0.2) is 46.2 Å². The first kappa shape index (κ1) is 17.9. The second kappa shape index (κ2) is 5.28. The van der Waals surface area contributed by atoms with Gasteiger partial charge in [0.2, 0.25) is 0 Å². The minimum atomic E-state index is -0.974. The second-order valence-electron chi connectivity index (χ2n) is 9.97. The van der Waals surface area contributed by atoms with E-state index in [2.05, 4.69) is 20.8 Å². The van der Waals surface area contributed by atoms with Gasteiger partial charge in [0.05, 0.1) is 17.8 Å². The first-order valence-electron chi connectivity index (χ1n) is 9.79. The summed E-state index contributed by atoms with van der Waals surface area (Å²) < 4.78 is 12.2. The lowest BCUT2D eigenvalue weighted by Crippen LogP contribution is -2.69. The van der Waals surface area contributed by atoms with E-state index in [-0.39, 0.29) is 28.4 Å². The molecule has 2 aliphatic carbocycles. The Balaban J connectivity index is 1.79. The molecule has 0 unspecified atom stereocenters. The quantitative estimate of drug-likeness (QED) is 0.700. The van der Waals surface area contributed by atoms with Crippen molar-refractivity contribution in [3.8, 4) is 0 Å². The maximum Gasteiger partial charge on any atom is 0.165 e. The normalized spacial score (nSPS) is 55.0. The average molecular weight is 352 g/mol. The summed E-state index contributed by atoms with van der Waals surface area (Å²) in [7, 11) is 0. The molecule has 4 fully saturated rings. The van der Waals surface area contributed by atoms with Crippen molar-refractivity contribution >= 4 is 5.78 Å². The fourth-order valence-electron chi connectivity index (χ4n) is 6.96. The second-order valence-corrected chi connectivity index (χ2v) is 9.97. The van der Waals surface area contributed by atoms with Gasteiger partial charge in [-0.3, -0.25) is 4.79 Å². The Labute approximate surface area is 150 Å². The number of ketones is 1. The van der Waals surface area contributed by atoms with Crippen molar-refractivity contribution in [1.29, 1.82) is 0 Å². The fourth-order valence-corrected chi connectivity index (χ4v) is 6.96. The maximum atomic E-state index is 13.1. The predicted octanol–water partition coefficient (Wildman–Crippen LogP) is 2.43. The molecule has 2 heterocycles. The number of hydrogen-bond acceptors (Lipinski definition) is 5. The van der Waals surface area contributed by atoms with Crippen LogP contribution in [0.15, 0.2) is 0 Å². The van der Waals surface area contributed by atoms with Gasteiger partial charge in [-0.25, -0.2) is 0 Å². The lowest BCUT2D eigenvalue weighted by Gasteiger charge is -2.63. The Morgan fingerprint density at radius 3 is 2.44 bits per heavy atom. The highest BCUT2D eigenvalue weighted by Crippen LogP contribution is 2.67. The molecule has 2 aliphatic heterocycles. The van der Waals surface area contributed by atoms with E-state index >= 15 is 0 Å². The molecule has 142 valence electrons. The van der Waals surface area contributed by atoms with Crippen molar-refractivity contribution in [2.75, 3.05) is 6.61 Å². The van der Waals surface area contributed by atoms with Crippen LogP contribution in [0, 0.1) is 22.7 Å². The van der Waals surface area contributed by atoms with Crippen LogP contribution in [0.3, 0.4) is 0 Å². The summed E-state index contributed by atoms with van der Waals surface area (Å²) in [6.07, 6.45) is 3.40. The average Bonchev–Trinajstić information content (AvgIpc) is 3.08. The van der Waals surface area contributed by atoms with Crippen LogP contribution in [-0.2, 0) is 14.3 Å². The van der Waals surface area contributed by atoms with Crippen molar-refractivity contribution in [3.63, 3.8) is 0 Å². The van der Waals surface area contributed by atoms with Crippen molar-refractivity contribution in [2.45, 2.75) is 89.8 Å². The molecule has 0 aromatic carbocycles. The van der Waals surface area contributed by atoms with E-state index in [0.29, 0.717) is 13.0 Å². The van der Waals surface area contributed by atoms with Gasteiger partial charge in [-0.15, -0.1) is 0 Å². The summed E-state index contributed by atoms with van der Waals surface area (Å²) >= 11 is 0. The topological polar surface area (TPSA) is 76.0 Å². The van der Waals surface area contributed by atoms with Crippen LogP contribution in [0.4, 0.5) is 0 Å². The molecule has 7 atom stereocenters. The van der Waals surface area contributed by atoms with Gasteiger partial charge < -0.3 is 19.7 Å². The number of Topliss-reactive ketones (excluding diaryl/α,β-unsaturated/α-hetero) is 1. The predicted molar refractivity (Wildman–Crippen MR) is 91.8 cm³/mol. The molecule has 25 heavy (non-hydrogen) atoms. The lowest BCUT2D eigenvalue weighted by molar-refractivity contribution is -0.255. The van der Waals surface area contributed by atoms with Gasteiger partial charge >= 0.3 is 0 Å². The van der Waals surface area contributed by atoms with Gasteiger partial charge in [0, 0.05) is 23.7 Å². The van der Waals surface area contributed by atoms with Gasteiger partial charge in [0.1, 0.15) is 6.10 Å². The van der Waals surface area contributed by atoms with E-state index < -0.39 is 23.6 Å². The third-order valence-electron chi connectivity index (χ3n) is 8.12.